The summed E-state index contributed by atoms with van der Waals surface area (Å²) >= 11 is 0. The van der Waals surface area contributed by atoms with Crippen molar-refractivity contribution >= 4 is 43.6 Å². The molecule has 3 heterocycles. The van der Waals surface area contributed by atoms with Crippen LogP contribution in [0.3, 0.4) is 0 Å². The molecule has 262 valence electrons. The van der Waals surface area contributed by atoms with Crippen LogP contribution in [0.5, 0.6) is 0 Å². The molecule has 56 heavy (non-hydrogen) atoms. The number of rotatable bonds is 6. The first-order valence-electron chi connectivity index (χ1n) is 19.0. The van der Waals surface area contributed by atoms with Gasteiger partial charge in [0.05, 0.1) is 33.5 Å². The van der Waals surface area contributed by atoms with Crippen LogP contribution in [0, 0.1) is 0 Å². The summed E-state index contributed by atoms with van der Waals surface area (Å²) in [4.78, 5) is 10.5. The van der Waals surface area contributed by atoms with Crippen molar-refractivity contribution in [1.82, 2.24) is 19.1 Å². The van der Waals surface area contributed by atoms with Crippen molar-refractivity contribution in [3.8, 4) is 56.4 Å². The molecule has 0 unspecified atom stereocenters. The molecule has 3 aromatic heterocycles. The minimum absolute atomic E-state index is 0.686. The molecule has 0 fully saturated rings. The maximum Gasteiger partial charge on any atom is 0.160 e. The number of benzene rings is 8. The Hall–Kier alpha value is -7.56. The topological polar surface area (TPSA) is 35.6 Å². The van der Waals surface area contributed by atoms with Crippen LogP contribution in [0.15, 0.2) is 206 Å². The quantitative estimate of drug-likeness (QED) is 0.172. The van der Waals surface area contributed by atoms with E-state index in [9.17, 15) is 0 Å². The lowest BCUT2D eigenvalue weighted by Gasteiger charge is -2.16. The van der Waals surface area contributed by atoms with Gasteiger partial charge in [0, 0.05) is 49.6 Å². The van der Waals surface area contributed by atoms with Gasteiger partial charge in [0.25, 0.3) is 0 Å². The largest absolute Gasteiger partial charge is 0.309 e. The summed E-state index contributed by atoms with van der Waals surface area (Å²) in [5.74, 6) is 0.686. The van der Waals surface area contributed by atoms with E-state index in [1.807, 2.05) is 24.3 Å². The fourth-order valence-electron chi connectivity index (χ4n) is 8.33. The van der Waals surface area contributed by atoms with Crippen molar-refractivity contribution in [2.45, 2.75) is 0 Å². The summed E-state index contributed by atoms with van der Waals surface area (Å²) in [6.07, 6.45) is 0. The molecule has 0 bridgehead atoms. The van der Waals surface area contributed by atoms with Crippen molar-refractivity contribution in [1.29, 1.82) is 0 Å². The Bertz CT molecular complexity index is 2990. The van der Waals surface area contributed by atoms with E-state index in [0.717, 1.165) is 61.5 Å². The number of hydrogen-bond donors (Lipinski definition) is 0. The van der Waals surface area contributed by atoms with Gasteiger partial charge in [0.1, 0.15) is 0 Å². The molecule has 4 heteroatoms. The molecule has 0 saturated carbocycles. The Morgan fingerprint density at radius 3 is 1.09 bits per heavy atom. The van der Waals surface area contributed by atoms with Crippen LogP contribution in [0.2, 0.25) is 0 Å². The van der Waals surface area contributed by atoms with E-state index in [0.29, 0.717) is 5.82 Å². The molecule has 4 nitrogen and oxygen atoms in total. The van der Waals surface area contributed by atoms with E-state index < -0.39 is 0 Å². The molecule has 11 rings (SSSR count). The molecule has 0 aliphatic heterocycles. The minimum Gasteiger partial charge on any atom is -0.309 e. The summed E-state index contributed by atoms with van der Waals surface area (Å²) in [6, 6.07) is 73.3. The second-order valence-corrected chi connectivity index (χ2v) is 14.2. The van der Waals surface area contributed by atoms with Gasteiger partial charge in [0.2, 0.25) is 0 Å². The van der Waals surface area contributed by atoms with Crippen LogP contribution in [-0.4, -0.2) is 19.1 Å². The van der Waals surface area contributed by atoms with Gasteiger partial charge in [-0.05, 0) is 59.7 Å². The maximum atomic E-state index is 5.33. The van der Waals surface area contributed by atoms with E-state index in [-0.39, 0.29) is 0 Å². The molecule has 0 N–H and O–H groups in total. The van der Waals surface area contributed by atoms with Crippen LogP contribution >= 0.6 is 0 Å². The third-order valence-corrected chi connectivity index (χ3v) is 10.9. The highest BCUT2D eigenvalue weighted by atomic mass is 15.0. The van der Waals surface area contributed by atoms with E-state index in [1.54, 1.807) is 0 Å². The van der Waals surface area contributed by atoms with Gasteiger partial charge >= 0.3 is 0 Å². The monoisotopic (exact) mass is 714 g/mol. The normalized spacial score (nSPS) is 11.6. The van der Waals surface area contributed by atoms with E-state index in [2.05, 4.69) is 191 Å². The van der Waals surface area contributed by atoms with Crippen molar-refractivity contribution in [3.63, 3.8) is 0 Å². The van der Waals surface area contributed by atoms with Gasteiger partial charge in [-0.15, -0.1) is 0 Å². The Morgan fingerprint density at radius 2 is 0.625 bits per heavy atom. The lowest BCUT2D eigenvalue weighted by atomic mass is 10.0. The van der Waals surface area contributed by atoms with Gasteiger partial charge < -0.3 is 9.13 Å². The van der Waals surface area contributed by atoms with Crippen molar-refractivity contribution in [2.75, 3.05) is 0 Å². The number of para-hydroxylation sites is 4. The summed E-state index contributed by atoms with van der Waals surface area (Å²) < 4.78 is 4.79. The summed E-state index contributed by atoms with van der Waals surface area (Å²) in [6.45, 7) is 0. The molecule has 0 amide bonds. The highest BCUT2D eigenvalue weighted by Gasteiger charge is 2.19. The third kappa shape index (κ3) is 5.31. The molecular weight excluding hydrogens is 681 g/mol. The van der Waals surface area contributed by atoms with Crippen molar-refractivity contribution in [3.05, 3.63) is 206 Å². The molecule has 11 aromatic rings. The SMILES string of the molecule is c1ccc(-c2ccc(-c3cc(-c4cc(-n5c6ccccc6c6ccccc65)cc(-n5c6ccccc6c6ccccc65)c4)nc(-c4ccccc4)n3)cc2)cc1. The molecule has 0 aliphatic carbocycles. The molecule has 0 saturated heterocycles. The highest BCUT2D eigenvalue weighted by Crippen LogP contribution is 2.38. The number of fused-ring (bicyclic) bond motifs is 6. The first-order chi connectivity index (χ1) is 27.8. The second kappa shape index (κ2) is 13.1. The average Bonchev–Trinajstić information content (AvgIpc) is 3.80. The zero-order valence-corrected chi connectivity index (χ0v) is 30.4. The molecule has 8 aromatic carbocycles. The fourth-order valence-corrected chi connectivity index (χ4v) is 8.33. The van der Waals surface area contributed by atoms with E-state index in [1.165, 1.54) is 32.7 Å². The first-order valence-corrected chi connectivity index (χ1v) is 19.0. The summed E-state index contributed by atoms with van der Waals surface area (Å²) in [5.41, 5.74) is 13.8. The van der Waals surface area contributed by atoms with Crippen LogP contribution in [0.4, 0.5) is 0 Å². The third-order valence-electron chi connectivity index (χ3n) is 10.9. The van der Waals surface area contributed by atoms with Gasteiger partial charge in [-0.25, -0.2) is 9.97 Å². The second-order valence-electron chi connectivity index (χ2n) is 14.2. The first kappa shape index (κ1) is 31.9. The lowest BCUT2D eigenvalue weighted by Crippen LogP contribution is -2.01. The van der Waals surface area contributed by atoms with Crippen molar-refractivity contribution in [2.24, 2.45) is 0 Å². The Balaban J connectivity index is 1.19. The maximum absolute atomic E-state index is 5.33. The lowest BCUT2D eigenvalue weighted by molar-refractivity contribution is 1.13. The van der Waals surface area contributed by atoms with Gasteiger partial charge in [-0.2, -0.15) is 0 Å². The van der Waals surface area contributed by atoms with Crippen LogP contribution in [0.1, 0.15) is 0 Å². The average molecular weight is 715 g/mol. The minimum atomic E-state index is 0.686. The molecule has 0 radical (unpaired) electrons. The number of aromatic nitrogens is 4. The predicted molar refractivity (Wildman–Crippen MR) is 232 cm³/mol. The standard InChI is InChI=1S/C52H34N4/c1-3-15-35(16-4-1)36-27-29-37(30-28-36)46-34-47(54-52(53-46)38-17-5-2-6-18-38)39-31-40(55-48-23-11-7-19-42(48)43-20-8-12-24-49(43)55)33-41(32-39)56-50-25-13-9-21-44(50)45-22-10-14-26-51(45)56/h1-34H. The fraction of sp³-hybridized carbons (Fsp3) is 0. The van der Waals surface area contributed by atoms with Crippen LogP contribution < -0.4 is 0 Å². The molecular formula is C52H34N4. The van der Waals surface area contributed by atoms with Crippen LogP contribution in [-0.2, 0) is 0 Å². The van der Waals surface area contributed by atoms with Crippen molar-refractivity contribution < 1.29 is 0 Å². The predicted octanol–water partition coefficient (Wildman–Crippen LogP) is 13.3. The molecule has 0 atom stereocenters. The Morgan fingerprint density at radius 1 is 0.268 bits per heavy atom. The summed E-state index contributed by atoms with van der Waals surface area (Å²) in [5, 5.41) is 4.89. The zero-order valence-electron chi connectivity index (χ0n) is 30.4. The van der Waals surface area contributed by atoms with E-state index >= 15 is 0 Å². The van der Waals surface area contributed by atoms with Crippen LogP contribution in [0.25, 0.3) is 100 Å². The Kier molecular flexibility index (Phi) is 7.46. The van der Waals surface area contributed by atoms with E-state index in [4.69, 9.17) is 9.97 Å². The molecule has 0 aliphatic rings. The zero-order chi connectivity index (χ0) is 37.0. The number of hydrogen-bond acceptors (Lipinski definition) is 2. The smallest absolute Gasteiger partial charge is 0.160 e. The van der Waals surface area contributed by atoms with Gasteiger partial charge in [0.15, 0.2) is 5.82 Å². The van der Waals surface area contributed by atoms with Gasteiger partial charge in [-0.1, -0.05) is 158 Å². The highest BCUT2D eigenvalue weighted by molar-refractivity contribution is 6.10. The summed E-state index contributed by atoms with van der Waals surface area (Å²) in [7, 11) is 0. The molecule has 0 spiro atoms. The number of nitrogens with zero attached hydrogens (tertiary/aromatic N) is 4. The Labute approximate surface area is 324 Å². The van der Waals surface area contributed by atoms with Gasteiger partial charge in [-0.3, -0.25) is 0 Å².